The number of rotatable bonds is 2. The first-order valence-corrected chi connectivity index (χ1v) is 12.4. The summed E-state index contributed by atoms with van der Waals surface area (Å²) >= 11 is 0. The SMILES string of the molecule is CC1(C)C=C2C=C3CC(O)CCC3CC[C@]2(O)C2CC=C(c3ccc(/C=C\N)c(N)c3)C21C. The van der Waals surface area contributed by atoms with Crippen molar-refractivity contribution in [1.82, 2.24) is 0 Å². The Bertz CT molecular complexity index is 1090. The van der Waals surface area contributed by atoms with Gasteiger partial charge in [0, 0.05) is 17.0 Å². The number of hydrogen-bond donors (Lipinski definition) is 4. The van der Waals surface area contributed by atoms with Crippen LogP contribution < -0.4 is 11.5 Å². The van der Waals surface area contributed by atoms with Gasteiger partial charge in [0.15, 0.2) is 0 Å². The zero-order valence-corrected chi connectivity index (χ0v) is 20.1. The number of anilines is 1. The number of aliphatic hydroxyl groups is 2. The first-order valence-electron chi connectivity index (χ1n) is 12.4. The van der Waals surface area contributed by atoms with Crippen molar-refractivity contribution in [3.63, 3.8) is 0 Å². The molecule has 0 saturated heterocycles. The molecule has 5 rings (SSSR count). The topological polar surface area (TPSA) is 92.5 Å². The van der Waals surface area contributed by atoms with Crippen molar-refractivity contribution in [1.29, 1.82) is 0 Å². The van der Waals surface area contributed by atoms with Crippen LogP contribution in [0.1, 0.15) is 70.4 Å². The summed E-state index contributed by atoms with van der Waals surface area (Å²) in [7, 11) is 0. The number of nitrogen functional groups attached to an aromatic ring is 1. The van der Waals surface area contributed by atoms with Crippen LogP contribution in [0.2, 0.25) is 0 Å². The minimum Gasteiger partial charge on any atom is -0.405 e. The summed E-state index contributed by atoms with van der Waals surface area (Å²) in [5, 5.41) is 22.6. The smallest absolute Gasteiger partial charge is 0.0933 e. The molecular weight excluding hydrogens is 408 g/mol. The Kier molecular flexibility index (Phi) is 5.19. The fraction of sp³-hybridized carbons (Fsp3) is 0.517. The van der Waals surface area contributed by atoms with Crippen LogP contribution in [0, 0.1) is 22.7 Å². The Morgan fingerprint density at radius 1 is 1.12 bits per heavy atom. The lowest BCUT2D eigenvalue weighted by atomic mass is 9.49. The third-order valence-electron chi connectivity index (χ3n) is 9.48. The zero-order chi connectivity index (χ0) is 23.6. The van der Waals surface area contributed by atoms with E-state index in [-0.39, 0.29) is 22.9 Å². The van der Waals surface area contributed by atoms with E-state index in [0.717, 1.165) is 55.2 Å². The molecule has 4 heteroatoms. The van der Waals surface area contributed by atoms with Crippen molar-refractivity contribution in [3.05, 3.63) is 64.9 Å². The highest BCUT2D eigenvalue weighted by atomic mass is 16.3. The Labute approximate surface area is 197 Å². The van der Waals surface area contributed by atoms with Gasteiger partial charge < -0.3 is 21.7 Å². The molecule has 5 atom stereocenters. The van der Waals surface area contributed by atoms with Crippen LogP contribution in [-0.2, 0) is 0 Å². The predicted molar refractivity (Wildman–Crippen MR) is 136 cm³/mol. The molecule has 0 aliphatic heterocycles. The van der Waals surface area contributed by atoms with Crippen molar-refractivity contribution < 1.29 is 10.2 Å². The van der Waals surface area contributed by atoms with E-state index in [1.807, 2.05) is 12.1 Å². The molecule has 4 nitrogen and oxygen atoms in total. The molecule has 6 N–H and O–H groups in total. The van der Waals surface area contributed by atoms with E-state index in [1.54, 1.807) is 0 Å². The fourth-order valence-corrected chi connectivity index (χ4v) is 7.33. The van der Waals surface area contributed by atoms with Crippen LogP contribution in [0.5, 0.6) is 0 Å². The summed E-state index contributed by atoms with van der Waals surface area (Å²) in [4.78, 5) is 0. The maximum Gasteiger partial charge on any atom is 0.0933 e. The Balaban J connectivity index is 1.59. The van der Waals surface area contributed by atoms with Crippen molar-refractivity contribution >= 4 is 17.3 Å². The average Bonchev–Trinajstić information content (AvgIpc) is 3.07. The van der Waals surface area contributed by atoms with E-state index < -0.39 is 5.60 Å². The molecule has 4 aliphatic rings. The van der Waals surface area contributed by atoms with E-state index in [9.17, 15) is 10.2 Å². The molecule has 33 heavy (non-hydrogen) atoms. The molecule has 0 spiro atoms. The van der Waals surface area contributed by atoms with Gasteiger partial charge in [-0.15, -0.1) is 0 Å². The highest BCUT2D eigenvalue weighted by molar-refractivity contribution is 5.79. The third-order valence-corrected chi connectivity index (χ3v) is 9.48. The number of fused-ring (bicyclic) bond motifs is 4. The molecule has 0 aromatic heterocycles. The van der Waals surface area contributed by atoms with E-state index in [2.05, 4.69) is 51.1 Å². The number of allylic oxidation sites excluding steroid dienone is 3. The molecule has 0 heterocycles. The Morgan fingerprint density at radius 3 is 2.64 bits per heavy atom. The summed E-state index contributed by atoms with van der Waals surface area (Å²) < 4.78 is 0. The standard InChI is InChI=1S/C29H38N2O2/c1-27(2)17-22-14-21-15-23(32)7-6-18(21)10-12-29(22,33)26-9-8-24(28(26,27)3)20-5-4-19(11-13-30)25(31)16-20/h4-5,8,11,13-14,16-18,23,26,32-33H,6-7,9-10,12,15,30-31H2,1-3H3/b13-11-/t18?,23?,26?,28?,29-/m1/s1. The lowest BCUT2D eigenvalue weighted by Crippen LogP contribution is -2.55. The quantitative estimate of drug-likeness (QED) is 0.471. The van der Waals surface area contributed by atoms with Crippen LogP contribution in [0.4, 0.5) is 5.69 Å². The molecule has 4 unspecified atom stereocenters. The molecule has 176 valence electrons. The van der Waals surface area contributed by atoms with Gasteiger partial charge in [-0.3, -0.25) is 0 Å². The second-order valence-corrected chi connectivity index (χ2v) is 11.4. The number of nitrogens with two attached hydrogens (primary N) is 2. The number of benzene rings is 1. The predicted octanol–water partition coefficient (Wildman–Crippen LogP) is 5.19. The summed E-state index contributed by atoms with van der Waals surface area (Å²) in [6.07, 6.45) is 15.3. The van der Waals surface area contributed by atoms with Gasteiger partial charge in [-0.25, -0.2) is 0 Å². The third kappa shape index (κ3) is 3.25. The van der Waals surface area contributed by atoms with Crippen LogP contribution >= 0.6 is 0 Å². The lowest BCUT2D eigenvalue weighted by Gasteiger charge is -2.56. The summed E-state index contributed by atoms with van der Waals surface area (Å²) in [5.41, 5.74) is 17.1. The van der Waals surface area contributed by atoms with Gasteiger partial charge in [-0.1, -0.05) is 56.7 Å². The lowest BCUT2D eigenvalue weighted by molar-refractivity contribution is -0.0651. The first-order chi connectivity index (χ1) is 15.6. The monoisotopic (exact) mass is 446 g/mol. The molecule has 1 aromatic rings. The minimum atomic E-state index is -0.856. The van der Waals surface area contributed by atoms with E-state index >= 15 is 0 Å². The molecule has 1 fully saturated rings. The van der Waals surface area contributed by atoms with Gasteiger partial charge in [0.2, 0.25) is 0 Å². The molecule has 0 radical (unpaired) electrons. The van der Waals surface area contributed by atoms with Gasteiger partial charge in [0.05, 0.1) is 11.7 Å². The molecule has 4 aliphatic carbocycles. The van der Waals surface area contributed by atoms with Gasteiger partial charge in [0.1, 0.15) is 0 Å². The second kappa shape index (κ2) is 7.61. The normalized spacial score (nSPS) is 37.4. The van der Waals surface area contributed by atoms with E-state index in [1.165, 1.54) is 17.3 Å². The van der Waals surface area contributed by atoms with Gasteiger partial charge in [-0.2, -0.15) is 0 Å². The molecule has 1 aromatic carbocycles. The maximum atomic E-state index is 12.3. The maximum absolute atomic E-state index is 12.3. The first kappa shape index (κ1) is 22.5. The average molecular weight is 447 g/mol. The summed E-state index contributed by atoms with van der Waals surface area (Å²) in [6.45, 7) is 6.94. The van der Waals surface area contributed by atoms with Gasteiger partial charge in [-0.05, 0) is 90.5 Å². The van der Waals surface area contributed by atoms with Crippen LogP contribution in [0.3, 0.4) is 0 Å². The van der Waals surface area contributed by atoms with Gasteiger partial charge >= 0.3 is 0 Å². The van der Waals surface area contributed by atoms with E-state index in [4.69, 9.17) is 11.5 Å². The highest BCUT2D eigenvalue weighted by Crippen LogP contribution is 2.67. The minimum absolute atomic E-state index is 0.0989. The van der Waals surface area contributed by atoms with Crippen molar-refractivity contribution in [2.45, 2.75) is 71.0 Å². The molecule has 0 bridgehead atoms. The number of aliphatic hydroxyl groups excluding tert-OH is 1. The Morgan fingerprint density at radius 2 is 1.91 bits per heavy atom. The van der Waals surface area contributed by atoms with E-state index in [0.29, 0.717) is 11.6 Å². The zero-order valence-electron chi connectivity index (χ0n) is 20.1. The Hall–Kier alpha value is -2.30. The summed E-state index contributed by atoms with van der Waals surface area (Å²) in [6, 6.07) is 6.22. The highest BCUT2D eigenvalue weighted by Gasteiger charge is 2.62. The molecule has 0 amide bonds. The number of hydrogen-bond acceptors (Lipinski definition) is 4. The van der Waals surface area contributed by atoms with Crippen LogP contribution in [-0.4, -0.2) is 21.9 Å². The van der Waals surface area contributed by atoms with Crippen molar-refractivity contribution in [3.8, 4) is 0 Å². The summed E-state index contributed by atoms with van der Waals surface area (Å²) in [5.74, 6) is 0.580. The second-order valence-electron chi connectivity index (χ2n) is 11.4. The molecule has 1 saturated carbocycles. The van der Waals surface area contributed by atoms with Crippen LogP contribution in [0.15, 0.2) is 53.8 Å². The fourth-order valence-electron chi connectivity index (χ4n) is 7.33. The van der Waals surface area contributed by atoms with Crippen LogP contribution in [0.25, 0.3) is 11.6 Å². The molecular formula is C29H38N2O2. The largest absolute Gasteiger partial charge is 0.405 e. The van der Waals surface area contributed by atoms with Crippen molar-refractivity contribution in [2.24, 2.45) is 28.4 Å². The van der Waals surface area contributed by atoms with Gasteiger partial charge in [0.25, 0.3) is 0 Å². The van der Waals surface area contributed by atoms with Crippen molar-refractivity contribution in [2.75, 3.05) is 5.73 Å².